The molecule has 1 aliphatic rings. The van der Waals surface area contributed by atoms with Crippen molar-refractivity contribution in [3.05, 3.63) is 24.2 Å². The highest BCUT2D eigenvalue weighted by atomic mass is 16.7. The van der Waals surface area contributed by atoms with Gasteiger partial charge in [-0.25, -0.2) is 0 Å². The third kappa shape index (κ3) is 3.16. The Morgan fingerprint density at radius 2 is 1.95 bits per heavy atom. The van der Waals surface area contributed by atoms with E-state index in [-0.39, 0.29) is 5.46 Å². The second-order valence-electron chi connectivity index (χ2n) is 5.24. The van der Waals surface area contributed by atoms with Gasteiger partial charge in [-0.2, -0.15) is 0 Å². The fourth-order valence-corrected chi connectivity index (χ4v) is 1.56. The van der Waals surface area contributed by atoms with Crippen LogP contribution in [0, 0.1) is 0 Å². The molecule has 0 aliphatic carbocycles. The Hall–Kier alpha value is -1.04. The summed E-state index contributed by atoms with van der Waals surface area (Å²) in [6.07, 6.45) is 0. The van der Waals surface area contributed by atoms with Gasteiger partial charge in [0.25, 0.3) is 0 Å². The van der Waals surface area contributed by atoms with Gasteiger partial charge in [-0.1, -0.05) is 12.1 Å². The first-order valence-corrected chi connectivity index (χ1v) is 5.98. The van der Waals surface area contributed by atoms with Crippen molar-refractivity contribution in [2.75, 3.05) is 20.2 Å². The molecule has 1 aromatic carbocycles. The molecule has 0 aromatic heterocycles. The maximum Gasteiger partial charge on any atom is 0.494 e. The first-order chi connectivity index (χ1) is 13.6. The fourth-order valence-electron chi connectivity index (χ4n) is 1.56. The number of rotatable bonds is 5. The lowest BCUT2D eigenvalue weighted by Crippen LogP contribution is -2.41. The van der Waals surface area contributed by atoms with E-state index in [1.54, 1.807) is 27.7 Å². The highest BCUT2D eigenvalue weighted by molar-refractivity contribution is 6.62. The van der Waals surface area contributed by atoms with Crippen molar-refractivity contribution >= 4 is 12.6 Å². The predicted octanol–water partition coefficient (Wildman–Crippen LogP) is 2.01. The molecule has 4 nitrogen and oxygen atoms in total. The van der Waals surface area contributed by atoms with E-state index < -0.39 is 68.4 Å². The van der Waals surface area contributed by atoms with Crippen LogP contribution >= 0.6 is 0 Å². The summed E-state index contributed by atoms with van der Waals surface area (Å²) in [6.45, 7) is -0.108. The van der Waals surface area contributed by atoms with E-state index in [0.717, 1.165) is 0 Å². The van der Waals surface area contributed by atoms with Crippen molar-refractivity contribution in [1.29, 1.82) is 0 Å². The van der Waals surface area contributed by atoms with Crippen LogP contribution in [0.3, 0.4) is 0 Å². The third-order valence-electron chi connectivity index (χ3n) is 3.36. The van der Waals surface area contributed by atoms with Crippen LogP contribution in [0.2, 0.25) is 0 Å². The zero-order valence-corrected chi connectivity index (χ0v) is 11.7. The maximum atomic E-state index is 8.36. The number of hydrogen-bond donors (Lipinski definition) is 0. The highest BCUT2D eigenvalue weighted by Crippen LogP contribution is 2.36. The van der Waals surface area contributed by atoms with Gasteiger partial charge in [0.2, 0.25) is 0 Å². The molecule has 0 amide bonds. The number of benzene rings is 1. The Bertz CT molecular complexity index is 854. The van der Waals surface area contributed by atoms with Gasteiger partial charge in [0.15, 0.2) is 0 Å². The Morgan fingerprint density at radius 3 is 2.60 bits per heavy atom. The Morgan fingerprint density at radius 1 is 1.25 bits per heavy atom. The Balaban J connectivity index is 2.56. The van der Waals surface area contributed by atoms with Gasteiger partial charge in [-0.15, -0.1) is 0 Å². The topological polar surface area (TPSA) is 36.9 Å². The number of methoxy groups -OCH3 is 1. The summed E-state index contributed by atoms with van der Waals surface area (Å²) in [4.78, 5) is 0. The van der Waals surface area contributed by atoms with E-state index in [0.29, 0.717) is 0 Å². The SMILES string of the molecule is [2H]c1c([2H])c(OC([2H])([2H])C([2H])([2H])OC([2H])([2H])[2H])c([2H])c(B2OC(C)(C)C(C)(C)O2)c1[2H]. The second kappa shape index (κ2) is 5.76. The molecule has 0 radical (unpaired) electrons. The van der Waals surface area contributed by atoms with Gasteiger partial charge in [0, 0.05) is 7.04 Å². The maximum absolute atomic E-state index is 8.36. The molecular formula is C15H23BO4. The average Bonchev–Trinajstić information content (AvgIpc) is 2.75. The zero-order valence-electron chi connectivity index (χ0n) is 22.7. The first-order valence-electron chi connectivity index (χ1n) is 11.5. The Labute approximate surface area is 137 Å². The lowest BCUT2D eigenvalue weighted by Gasteiger charge is -2.32. The minimum Gasteiger partial charge on any atom is -0.491 e. The van der Waals surface area contributed by atoms with Gasteiger partial charge in [0.05, 0.1) is 32.8 Å². The van der Waals surface area contributed by atoms with Gasteiger partial charge in [0.1, 0.15) is 12.3 Å². The van der Waals surface area contributed by atoms with Gasteiger partial charge in [-0.3, -0.25) is 0 Å². The normalized spacial score (nSPS) is 30.2. The molecule has 0 bridgehead atoms. The van der Waals surface area contributed by atoms with E-state index in [4.69, 9.17) is 29.1 Å². The molecule has 2 rings (SSSR count). The van der Waals surface area contributed by atoms with Gasteiger partial charge >= 0.3 is 7.12 Å². The van der Waals surface area contributed by atoms with Crippen molar-refractivity contribution in [3.8, 4) is 5.75 Å². The molecule has 1 saturated heterocycles. The summed E-state index contributed by atoms with van der Waals surface area (Å²) in [5.41, 5.74) is -2.03. The van der Waals surface area contributed by atoms with Crippen LogP contribution in [0.4, 0.5) is 0 Å². The predicted molar refractivity (Wildman–Crippen MR) is 79.5 cm³/mol. The van der Waals surface area contributed by atoms with Gasteiger partial charge in [-0.05, 0) is 45.2 Å². The molecule has 20 heavy (non-hydrogen) atoms. The smallest absolute Gasteiger partial charge is 0.491 e. The summed E-state index contributed by atoms with van der Waals surface area (Å²) in [6, 6.07) is -2.88. The van der Waals surface area contributed by atoms with E-state index in [1.807, 2.05) is 0 Å². The van der Waals surface area contributed by atoms with Crippen molar-refractivity contribution < 1.29 is 33.9 Å². The molecule has 0 unspecified atom stereocenters. The average molecular weight is 289 g/mol. The third-order valence-corrected chi connectivity index (χ3v) is 3.36. The second-order valence-corrected chi connectivity index (χ2v) is 5.24. The van der Waals surface area contributed by atoms with E-state index in [9.17, 15) is 0 Å². The molecule has 1 heterocycles. The quantitative estimate of drug-likeness (QED) is 0.777. The van der Waals surface area contributed by atoms with Crippen molar-refractivity contribution in [2.45, 2.75) is 38.9 Å². The number of ether oxygens (including phenoxy) is 2. The highest BCUT2D eigenvalue weighted by Gasteiger charge is 2.51. The monoisotopic (exact) mass is 289 g/mol. The first kappa shape index (κ1) is 6.38. The fraction of sp³-hybridized carbons (Fsp3) is 0.600. The molecule has 0 N–H and O–H groups in total. The van der Waals surface area contributed by atoms with E-state index in [2.05, 4.69) is 4.74 Å². The summed E-state index contributed by atoms with van der Waals surface area (Å²) >= 11 is 0. The van der Waals surface area contributed by atoms with Crippen molar-refractivity contribution in [2.24, 2.45) is 0 Å². The molecule has 5 heteroatoms. The molecule has 0 atom stereocenters. The van der Waals surface area contributed by atoms with E-state index >= 15 is 0 Å². The van der Waals surface area contributed by atoms with Crippen molar-refractivity contribution in [3.63, 3.8) is 0 Å². The van der Waals surface area contributed by atoms with Crippen LogP contribution in [0.15, 0.2) is 24.2 Å². The van der Waals surface area contributed by atoms with E-state index in [1.165, 1.54) is 0 Å². The summed E-state index contributed by atoms with van der Waals surface area (Å²) in [5.74, 6) is -0.881. The standard InChI is InChI=1S/C15H23BO4/c1-14(2)15(3,4)20-16(19-14)12-7-6-8-13(11-12)18-10-9-17-5/h6-8,11H,9-10H2,1-5H3/i5D3,6D,7D,8D,9D2,10D2,11D. The largest absolute Gasteiger partial charge is 0.494 e. The van der Waals surface area contributed by atoms with Crippen LogP contribution in [-0.2, 0) is 14.0 Å². The lowest BCUT2D eigenvalue weighted by atomic mass is 9.79. The molecule has 0 saturated carbocycles. The molecule has 1 aliphatic heterocycles. The minimum absolute atomic E-state index is 0.303. The van der Waals surface area contributed by atoms with Crippen LogP contribution in [-0.4, -0.2) is 38.5 Å². The number of hydrogen-bond acceptors (Lipinski definition) is 4. The minimum atomic E-state index is -3.51. The molecule has 110 valence electrons. The molecule has 1 fully saturated rings. The van der Waals surface area contributed by atoms with Crippen LogP contribution in [0.1, 0.15) is 42.8 Å². The molecular weight excluding hydrogens is 255 g/mol. The molecule has 1 aromatic rings. The zero-order chi connectivity index (χ0) is 24.4. The Kier molecular flexibility index (Phi) is 1.84. The lowest BCUT2D eigenvalue weighted by molar-refractivity contribution is 0.00578. The van der Waals surface area contributed by atoms with Crippen LogP contribution in [0.5, 0.6) is 5.75 Å². The molecule has 0 spiro atoms. The van der Waals surface area contributed by atoms with Crippen LogP contribution in [0.25, 0.3) is 0 Å². The summed E-state index contributed by atoms with van der Waals surface area (Å²) < 4.78 is 105. The van der Waals surface area contributed by atoms with Crippen molar-refractivity contribution in [1.82, 2.24) is 0 Å². The van der Waals surface area contributed by atoms with Gasteiger partial charge < -0.3 is 18.8 Å². The summed E-state index contributed by atoms with van der Waals surface area (Å²) in [5, 5.41) is 0. The summed E-state index contributed by atoms with van der Waals surface area (Å²) in [7, 11) is -4.61. The van der Waals surface area contributed by atoms with Crippen LogP contribution < -0.4 is 10.2 Å².